The van der Waals surface area contributed by atoms with Crippen LogP contribution in [-0.4, -0.2) is 34.7 Å². The Morgan fingerprint density at radius 3 is 2.39 bits per heavy atom. The summed E-state index contributed by atoms with van der Waals surface area (Å²) in [6, 6.07) is 0. The monoisotopic (exact) mass is 253 g/mol. The Morgan fingerprint density at radius 1 is 1.22 bits per heavy atom. The molecule has 2 rings (SSSR count). The summed E-state index contributed by atoms with van der Waals surface area (Å²) in [5.74, 6) is -2.03. The average Bonchev–Trinajstić information content (AvgIpc) is 3.19. The highest BCUT2D eigenvalue weighted by molar-refractivity contribution is 5.85. The first kappa shape index (κ1) is 13.1. The van der Waals surface area contributed by atoms with Gasteiger partial charge in [0.1, 0.15) is 0 Å². The molecule has 100 valence electrons. The summed E-state index contributed by atoms with van der Waals surface area (Å²) in [5, 5.41) is 21.4. The van der Waals surface area contributed by atoms with Crippen molar-refractivity contribution >= 4 is 11.9 Å². The second kappa shape index (κ2) is 5.52. The standard InChI is InChI=1S/C13H19NO4/c15-11(8-5-6-8)7-14-12(16)9-3-1-2-4-10(9)13(17)18/h1-2,8-11,15H,3-7H2,(H,14,16)(H,17,18)/t9-,10+,11?/m1/s1. The van der Waals surface area contributed by atoms with Crippen molar-refractivity contribution in [3.8, 4) is 0 Å². The largest absolute Gasteiger partial charge is 0.481 e. The molecule has 2 aliphatic carbocycles. The molecule has 0 aromatic heterocycles. The number of allylic oxidation sites excluding steroid dienone is 2. The van der Waals surface area contributed by atoms with Gasteiger partial charge < -0.3 is 15.5 Å². The van der Waals surface area contributed by atoms with Crippen molar-refractivity contribution in [3.63, 3.8) is 0 Å². The van der Waals surface area contributed by atoms with Crippen molar-refractivity contribution in [1.82, 2.24) is 5.32 Å². The third-order valence-corrected chi connectivity index (χ3v) is 3.74. The van der Waals surface area contributed by atoms with Gasteiger partial charge in [0.15, 0.2) is 0 Å². The predicted molar refractivity (Wildman–Crippen MR) is 64.7 cm³/mol. The molecule has 1 saturated carbocycles. The van der Waals surface area contributed by atoms with Gasteiger partial charge in [-0.25, -0.2) is 0 Å². The fraction of sp³-hybridized carbons (Fsp3) is 0.692. The normalized spacial score (nSPS) is 28.7. The highest BCUT2D eigenvalue weighted by Gasteiger charge is 2.35. The molecule has 0 aromatic carbocycles. The lowest BCUT2D eigenvalue weighted by Gasteiger charge is -2.24. The molecule has 1 unspecified atom stereocenters. The third kappa shape index (κ3) is 3.10. The van der Waals surface area contributed by atoms with E-state index in [0.717, 1.165) is 12.8 Å². The van der Waals surface area contributed by atoms with Crippen LogP contribution in [-0.2, 0) is 9.59 Å². The number of carboxylic acid groups (broad SMARTS) is 1. The molecule has 3 N–H and O–H groups in total. The summed E-state index contributed by atoms with van der Waals surface area (Å²) in [7, 11) is 0. The highest BCUT2D eigenvalue weighted by Crippen LogP contribution is 2.32. The lowest BCUT2D eigenvalue weighted by atomic mass is 9.82. The molecule has 1 fully saturated rings. The number of nitrogens with one attached hydrogen (secondary N) is 1. The van der Waals surface area contributed by atoms with Gasteiger partial charge in [-0.05, 0) is 31.6 Å². The summed E-state index contributed by atoms with van der Waals surface area (Å²) in [6.45, 7) is 0.232. The highest BCUT2D eigenvalue weighted by atomic mass is 16.4. The van der Waals surface area contributed by atoms with Crippen molar-refractivity contribution in [1.29, 1.82) is 0 Å². The fourth-order valence-corrected chi connectivity index (χ4v) is 2.36. The Bertz CT molecular complexity index is 362. The molecule has 3 atom stereocenters. The van der Waals surface area contributed by atoms with Gasteiger partial charge in [0.25, 0.3) is 0 Å². The van der Waals surface area contributed by atoms with Crippen LogP contribution in [0.4, 0.5) is 0 Å². The van der Waals surface area contributed by atoms with Crippen molar-refractivity contribution in [3.05, 3.63) is 12.2 Å². The maximum atomic E-state index is 11.9. The number of carbonyl (C=O) groups is 2. The zero-order valence-corrected chi connectivity index (χ0v) is 10.2. The van der Waals surface area contributed by atoms with Crippen LogP contribution in [0.15, 0.2) is 12.2 Å². The van der Waals surface area contributed by atoms with Crippen molar-refractivity contribution in [2.45, 2.75) is 31.8 Å². The van der Waals surface area contributed by atoms with Crippen LogP contribution < -0.4 is 5.32 Å². The van der Waals surface area contributed by atoms with Crippen LogP contribution in [0.3, 0.4) is 0 Å². The van der Waals surface area contributed by atoms with E-state index in [-0.39, 0.29) is 12.5 Å². The lowest BCUT2D eigenvalue weighted by molar-refractivity contribution is -0.147. The number of aliphatic carboxylic acids is 1. The Labute approximate surface area is 106 Å². The molecule has 2 aliphatic rings. The van der Waals surface area contributed by atoms with E-state index in [1.165, 1.54) is 0 Å². The van der Waals surface area contributed by atoms with E-state index < -0.39 is 23.9 Å². The topological polar surface area (TPSA) is 86.6 Å². The van der Waals surface area contributed by atoms with Crippen LogP contribution >= 0.6 is 0 Å². The van der Waals surface area contributed by atoms with Crippen molar-refractivity contribution < 1.29 is 19.8 Å². The van der Waals surface area contributed by atoms with E-state index in [4.69, 9.17) is 5.11 Å². The Hall–Kier alpha value is -1.36. The number of amides is 1. The molecular weight excluding hydrogens is 234 g/mol. The Kier molecular flexibility index (Phi) is 4.01. The third-order valence-electron chi connectivity index (χ3n) is 3.74. The zero-order valence-electron chi connectivity index (χ0n) is 10.2. The van der Waals surface area contributed by atoms with Gasteiger partial charge in [0, 0.05) is 6.54 Å². The van der Waals surface area contributed by atoms with E-state index in [1.807, 2.05) is 12.2 Å². The van der Waals surface area contributed by atoms with E-state index in [9.17, 15) is 14.7 Å². The maximum absolute atomic E-state index is 11.9. The minimum absolute atomic E-state index is 0.232. The molecule has 0 aromatic rings. The Balaban J connectivity index is 1.86. The average molecular weight is 253 g/mol. The molecule has 0 saturated heterocycles. The molecular formula is C13H19NO4. The lowest BCUT2D eigenvalue weighted by Crippen LogP contribution is -2.42. The van der Waals surface area contributed by atoms with Gasteiger partial charge in [0.2, 0.25) is 5.91 Å². The van der Waals surface area contributed by atoms with Crippen LogP contribution in [0, 0.1) is 17.8 Å². The van der Waals surface area contributed by atoms with Gasteiger partial charge >= 0.3 is 5.97 Å². The van der Waals surface area contributed by atoms with Crippen molar-refractivity contribution in [2.24, 2.45) is 17.8 Å². The minimum Gasteiger partial charge on any atom is -0.481 e. The number of carboxylic acids is 1. The summed E-state index contributed by atoms with van der Waals surface area (Å²) < 4.78 is 0. The van der Waals surface area contributed by atoms with E-state index in [1.54, 1.807) is 0 Å². The smallest absolute Gasteiger partial charge is 0.307 e. The molecule has 5 heteroatoms. The summed E-state index contributed by atoms with van der Waals surface area (Å²) >= 11 is 0. The first-order chi connectivity index (χ1) is 8.59. The SMILES string of the molecule is O=C(O)[C@H]1CC=CC[C@H]1C(=O)NCC(O)C1CC1. The van der Waals surface area contributed by atoms with Gasteiger partial charge in [-0.1, -0.05) is 12.2 Å². The zero-order chi connectivity index (χ0) is 13.1. The van der Waals surface area contributed by atoms with Crippen molar-refractivity contribution in [2.75, 3.05) is 6.54 Å². The number of rotatable bonds is 5. The van der Waals surface area contributed by atoms with Crippen LogP contribution in [0.25, 0.3) is 0 Å². The first-order valence-corrected chi connectivity index (χ1v) is 6.43. The second-order valence-electron chi connectivity index (χ2n) is 5.14. The molecule has 18 heavy (non-hydrogen) atoms. The van der Waals surface area contributed by atoms with Crippen LogP contribution in [0.5, 0.6) is 0 Å². The number of carbonyl (C=O) groups excluding carboxylic acids is 1. The minimum atomic E-state index is -0.928. The molecule has 0 heterocycles. The van der Waals surface area contributed by atoms with Gasteiger partial charge in [-0.3, -0.25) is 9.59 Å². The van der Waals surface area contributed by atoms with E-state index in [0.29, 0.717) is 18.8 Å². The number of aliphatic hydroxyl groups is 1. The second-order valence-corrected chi connectivity index (χ2v) is 5.14. The quantitative estimate of drug-likeness (QED) is 0.624. The molecule has 1 amide bonds. The Morgan fingerprint density at radius 2 is 1.83 bits per heavy atom. The van der Waals surface area contributed by atoms with Gasteiger partial charge in [-0.2, -0.15) is 0 Å². The summed E-state index contributed by atoms with van der Waals surface area (Å²) in [4.78, 5) is 23.0. The summed E-state index contributed by atoms with van der Waals surface area (Å²) in [5.41, 5.74) is 0. The molecule has 5 nitrogen and oxygen atoms in total. The van der Waals surface area contributed by atoms with Gasteiger partial charge in [-0.15, -0.1) is 0 Å². The van der Waals surface area contributed by atoms with Crippen LogP contribution in [0.2, 0.25) is 0 Å². The summed E-state index contributed by atoms with van der Waals surface area (Å²) in [6.07, 6.45) is 6.06. The molecule has 0 radical (unpaired) electrons. The van der Waals surface area contributed by atoms with Gasteiger partial charge in [0.05, 0.1) is 17.9 Å². The molecule has 0 aliphatic heterocycles. The number of aliphatic hydroxyl groups excluding tert-OH is 1. The van der Waals surface area contributed by atoms with Crippen LogP contribution in [0.1, 0.15) is 25.7 Å². The number of hydrogen-bond donors (Lipinski definition) is 3. The molecule has 0 spiro atoms. The number of hydrogen-bond acceptors (Lipinski definition) is 3. The van der Waals surface area contributed by atoms with E-state index in [2.05, 4.69) is 5.32 Å². The maximum Gasteiger partial charge on any atom is 0.307 e. The fourth-order valence-electron chi connectivity index (χ4n) is 2.36. The predicted octanol–water partition coefficient (Wildman–Crippen LogP) is 0.540. The van der Waals surface area contributed by atoms with E-state index >= 15 is 0 Å². The molecule has 0 bridgehead atoms. The first-order valence-electron chi connectivity index (χ1n) is 6.43.